The van der Waals surface area contributed by atoms with Gasteiger partial charge in [0.15, 0.2) is 5.78 Å². The standard InChI is InChI=1S/C15H26N2O2/c1-11-12(9-16(5)6)13(18)10-17(11)14(19)7-8-15(2,3)4/h9,11H,7-8,10H2,1-6H3/b12-9-. The highest BCUT2D eigenvalue weighted by molar-refractivity contribution is 6.03. The van der Waals surface area contributed by atoms with E-state index in [1.54, 1.807) is 4.90 Å². The van der Waals surface area contributed by atoms with Gasteiger partial charge in [0.1, 0.15) is 0 Å². The fourth-order valence-corrected chi connectivity index (χ4v) is 2.17. The van der Waals surface area contributed by atoms with E-state index in [0.717, 1.165) is 12.0 Å². The second-order valence-electron chi connectivity index (χ2n) is 6.73. The summed E-state index contributed by atoms with van der Waals surface area (Å²) in [6.45, 7) is 8.52. The van der Waals surface area contributed by atoms with Crippen molar-refractivity contribution in [3.63, 3.8) is 0 Å². The Balaban J connectivity index is 2.71. The van der Waals surface area contributed by atoms with Crippen LogP contribution in [0.4, 0.5) is 0 Å². The van der Waals surface area contributed by atoms with E-state index in [0.29, 0.717) is 6.42 Å². The summed E-state index contributed by atoms with van der Waals surface area (Å²) in [6.07, 6.45) is 3.18. The number of nitrogens with zero attached hydrogens (tertiary/aromatic N) is 2. The second-order valence-corrected chi connectivity index (χ2v) is 6.73. The van der Waals surface area contributed by atoms with Crippen LogP contribution in [0.5, 0.6) is 0 Å². The van der Waals surface area contributed by atoms with Crippen LogP contribution in [0.25, 0.3) is 0 Å². The molecule has 0 N–H and O–H groups in total. The number of likely N-dealkylation sites (tertiary alicyclic amines) is 1. The van der Waals surface area contributed by atoms with Gasteiger partial charge >= 0.3 is 0 Å². The molecule has 0 radical (unpaired) electrons. The first-order valence-corrected chi connectivity index (χ1v) is 6.82. The number of carbonyl (C=O) groups is 2. The van der Waals surface area contributed by atoms with Crippen molar-refractivity contribution in [1.29, 1.82) is 0 Å². The Morgan fingerprint density at radius 3 is 2.47 bits per heavy atom. The quantitative estimate of drug-likeness (QED) is 0.734. The van der Waals surface area contributed by atoms with Crippen molar-refractivity contribution in [3.05, 3.63) is 11.8 Å². The van der Waals surface area contributed by atoms with Crippen LogP contribution in [0.3, 0.4) is 0 Å². The molecule has 1 atom stereocenters. The van der Waals surface area contributed by atoms with E-state index >= 15 is 0 Å². The van der Waals surface area contributed by atoms with Crippen LogP contribution in [0.15, 0.2) is 11.8 Å². The number of amides is 1. The third-order valence-corrected chi connectivity index (χ3v) is 3.36. The number of ketones is 1. The van der Waals surface area contributed by atoms with E-state index in [1.807, 2.05) is 32.1 Å². The Labute approximate surface area is 116 Å². The molecule has 1 heterocycles. The van der Waals surface area contributed by atoms with E-state index in [9.17, 15) is 9.59 Å². The summed E-state index contributed by atoms with van der Waals surface area (Å²) in [7, 11) is 3.77. The van der Waals surface area contributed by atoms with Crippen LogP contribution in [0.2, 0.25) is 0 Å². The molecule has 1 rings (SSSR count). The number of carbonyl (C=O) groups excluding carboxylic acids is 2. The second kappa shape index (κ2) is 5.76. The smallest absolute Gasteiger partial charge is 0.223 e. The molecule has 1 unspecified atom stereocenters. The summed E-state index contributed by atoms with van der Waals surface area (Å²) in [5.74, 6) is 0.142. The molecule has 0 aromatic heterocycles. The largest absolute Gasteiger partial charge is 0.383 e. The van der Waals surface area contributed by atoms with Crippen LogP contribution in [0.1, 0.15) is 40.5 Å². The molecule has 1 fully saturated rings. The monoisotopic (exact) mass is 266 g/mol. The molecule has 0 aromatic carbocycles. The summed E-state index contributed by atoms with van der Waals surface area (Å²) < 4.78 is 0. The Morgan fingerprint density at radius 2 is 2.00 bits per heavy atom. The first-order chi connectivity index (χ1) is 8.61. The Bertz CT molecular complexity index is 391. The zero-order valence-corrected chi connectivity index (χ0v) is 13.0. The van der Waals surface area contributed by atoms with Crippen LogP contribution < -0.4 is 0 Å². The first-order valence-electron chi connectivity index (χ1n) is 6.82. The minimum atomic E-state index is -0.109. The van der Waals surface area contributed by atoms with Gasteiger partial charge in [0.05, 0.1) is 12.6 Å². The maximum Gasteiger partial charge on any atom is 0.223 e. The summed E-state index contributed by atoms with van der Waals surface area (Å²) in [5.41, 5.74) is 0.874. The lowest BCUT2D eigenvalue weighted by atomic mass is 9.90. The van der Waals surface area contributed by atoms with Gasteiger partial charge in [0.2, 0.25) is 5.91 Å². The van der Waals surface area contributed by atoms with Crippen molar-refractivity contribution in [3.8, 4) is 0 Å². The molecule has 1 aliphatic heterocycles. The maximum atomic E-state index is 12.2. The summed E-state index contributed by atoms with van der Waals surface area (Å²) in [4.78, 5) is 27.7. The van der Waals surface area contributed by atoms with Crippen LogP contribution in [0, 0.1) is 5.41 Å². The van der Waals surface area contributed by atoms with Crippen molar-refractivity contribution in [2.24, 2.45) is 5.41 Å². The normalized spacial score (nSPS) is 22.2. The van der Waals surface area contributed by atoms with Crippen molar-refractivity contribution >= 4 is 11.7 Å². The van der Waals surface area contributed by atoms with E-state index in [2.05, 4.69) is 20.8 Å². The zero-order chi connectivity index (χ0) is 14.8. The van der Waals surface area contributed by atoms with E-state index in [4.69, 9.17) is 0 Å². The minimum absolute atomic E-state index is 0.0605. The molecule has 1 aliphatic rings. The lowest BCUT2D eigenvalue weighted by Crippen LogP contribution is -2.35. The predicted molar refractivity (Wildman–Crippen MR) is 76.6 cm³/mol. The van der Waals surface area contributed by atoms with Crippen molar-refractivity contribution < 1.29 is 9.59 Å². The number of rotatable bonds is 3. The molecule has 0 aliphatic carbocycles. The number of hydrogen-bond acceptors (Lipinski definition) is 3. The highest BCUT2D eigenvalue weighted by atomic mass is 16.2. The molecule has 0 spiro atoms. The number of Topliss-reactive ketones (excluding diaryl/α,β-unsaturated/α-hetero) is 1. The van der Waals surface area contributed by atoms with Gasteiger partial charge < -0.3 is 9.80 Å². The molecule has 1 saturated heterocycles. The van der Waals surface area contributed by atoms with Gasteiger partial charge in [-0.1, -0.05) is 20.8 Å². The average Bonchev–Trinajstić information content (AvgIpc) is 2.52. The zero-order valence-electron chi connectivity index (χ0n) is 13.0. The number of hydrogen-bond donors (Lipinski definition) is 0. The van der Waals surface area contributed by atoms with Crippen molar-refractivity contribution in [2.75, 3.05) is 20.6 Å². The van der Waals surface area contributed by atoms with Crippen molar-refractivity contribution in [1.82, 2.24) is 9.80 Å². The SMILES string of the molecule is CC1/C(=C/N(C)C)C(=O)CN1C(=O)CCC(C)(C)C. The van der Waals surface area contributed by atoms with Gasteiger partial charge in [-0.25, -0.2) is 0 Å². The molecular formula is C15H26N2O2. The predicted octanol–water partition coefficient (Wildman–Crippen LogP) is 2.06. The minimum Gasteiger partial charge on any atom is -0.383 e. The molecule has 0 saturated carbocycles. The Morgan fingerprint density at radius 1 is 1.42 bits per heavy atom. The van der Waals surface area contributed by atoms with Gasteiger partial charge in [-0.2, -0.15) is 0 Å². The third kappa shape index (κ3) is 4.37. The van der Waals surface area contributed by atoms with Crippen LogP contribution >= 0.6 is 0 Å². The van der Waals surface area contributed by atoms with E-state index in [1.165, 1.54) is 0 Å². The Kier molecular flexibility index (Phi) is 4.77. The molecule has 4 nitrogen and oxygen atoms in total. The summed E-state index contributed by atoms with van der Waals surface area (Å²) >= 11 is 0. The fraction of sp³-hybridized carbons (Fsp3) is 0.733. The third-order valence-electron chi connectivity index (χ3n) is 3.36. The van der Waals surface area contributed by atoms with Crippen LogP contribution in [-0.2, 0) is 9.59 Å². The topological polar surface area (TPSA) is 40.6 Å². The molecule has 4 heteroatoms. The van der Waals surface area contributed by atoms with Gasteiger partial charge in [-0.3, -0.25) is 9.59 Å². The summed E-state index contributed by atoms with van der Waals surface area (Å²) in [5, 5.41) is 0. The van der Waals surface area contributed by atoms with Gasteiger partial charge in [-0.15, -0.1) is 0 Å². The molecule has 0 aromatic rings. The Hall–Kier alpha value is -1.32. The van der Waals surface area contributed by atoms with E-state index in [-0.39, 0.29) is 29.7 Å². The van der Waals surface area contributed by atoms with Gasteiger partial charge in [-0.05, 0) is 18.8 Å². The molecule has 108 valence electrons. The molecule has 19 heavy (non-hydrogen) atoms. The lowest BCUT2D eigenvalue weighted by molar-refractivity contribution is -0.133. The maximum absolute atomic E-state index is 12.2. The summed E-state index contributed by atoms with van der Waals surface area (Å²) in [6, 6.07) is -0.109. The fourth-order valence-electron chi connectivity index (χ4n) is 2.17. The van der Waals surface area contributed by atoms with Gasteiger partial charge in [0, 0.05) is 32.3 Å². The van der Waals surface area contributed by atoms with Gasteiger partial charge in [0.25, 0.3) is 0 Å². The highest BCUT2D eigenvalue weighted by Gasteiger charge is 2.35. The molecule has 0 bridgehead atoms. The average molecular weight is 266 g/mol. The van der Waals surface area contributed by atoms with E-state index < -0.39 is 0 Å². The van der Waals surface area contributed by atoms with Crippen LogP contribution in [-0.4, -0.2) is 48.2 Å². The highest BCUT2D eigenvalue weighted by Crippen LogP contribution is 2.25. The van der Waals surface area contributed by atoms with Crippen molar-refractivity contribution in [2.45, 2.75) is 46.6 Å². The molecular weight excluding hydrogens is 240 g/mol. The first kappa shape index (κ1) is 15.7. The molecule has 1 amide bonds. The lowest BCUT2D eigenvalue weighted by Gasteiger charge is -2.24.